The van der Waals surface area contributed by atoms with Crippen molar-refractivity contribution in [1.29, 1.82) is 0 Å². The van der Waals surface area contributed by atoms with Crippen molar-refractivity contribution in [1.82, 2.24) is 19.8 Å². The van der Waals surface area contributed by atoms with Gasteiger partial charge in [0.15, 0.2) is 0 Å². The molecule has 6 heteroatoms. The van der Waals surface area contributed by atoms with E-state index in [9.17, 15) is 4.79 Å². The van der Waals surface area contributed by atoms with Crippen molar-refractivity contribution < 1.29 is 4.79 Å². The maximum Gasteiger partial charge on any atom is 0.265 e. The monoisotopic (exact) mass is 316 g/mol. The lowest BCUT2D eigenvalue weighted by molar-refractivity contribution is 0.0954. The second-order valence-corrected chi connectivity index (χ2v) is 6.38. The lowest BCUT2D eigenvalue weighted by Crippen LogP contribution is -2.24. The average Bonchev–Trinajstić information content (AvgIpc) is 3.17. The number of benzene rings is 1. The number of carbonyl (C=O) groups is 1. The molecule has 0 spiro atoms. The van der Waals surface area contributed by atoms with E-state index in [1.165, 1.54) is 37.1 Å². The normalized spacial score (nSPS) is 15.1. The van der Waals surface area contributed by atoms with Crippen LogP contribution in [0.25, 0.3) is 0 Å². The molecule has 1 aromatic heterocycles. The highest BCUT2D eigenvalue weighted by molar-refractivity contribution is 7.07. The Morgan fingerprint density at radius 3 is 2.68 bits per heavy atom. The van der Waals surface area contributed by atoms with E-state index in [0.29, 0.717) is 17.1 Å². The van der Waals surface area contributed by atoms with Gasteiger partial charge in [-0.1, -0.05) is 28.8 Å². The first-order valence-corrected chi connectivity index (χ1v) is 8.37. The number of rotatable bonds is 5. The smallest absolute Gasteiger partial charge is 0.265 e. The number of hydrogen-bond acceptors (Lipinski definition) is 5. The molecule has 1 aliphatic rings. The Labute approximate surface area is 134 Å². The summed E-state index contributed by atoms with van der Waals surface area (Å²) in [5.41, 5.74) is 3.16. The second kappa shape index (κ2) is 6.98. The van der Waals surface area contributed by atoms with Crippen LogP contribution < -0.4 is 5.32 Å². The molecule has 3 rings (SSSR count). The Balaban J connectivity index is 1.64. The van der Waals surface area contributed by atoms with Gasteiger partial charge in [0.05, 0.1) is 5.69 Å². The van der Waals surface area contributed by atoms with Crippen LogP contribution in [0.2, 0.25) is 0 Å². The van der Waals surface area contributed by atoms with Crippen LogP contribution >= 0.6 is 11.5 Å². The Bertz CT molecular complexity index is 649. The molecule has 0 bridgehead atoms. The molecule has 0 atom stereocenters. The number of carbonyl (C=O) groups excluding carboxylic acids is 1. The number of likely N-dealkylation sites (tertiary alicyclic amines) is 1. The largest absolute Gasteiger partial charge is 0.347 e. The van der Waals surface area contributed by atoms with Gasteiger partial charge in [-0.05, 0) is 55.5 Å². The zero-order chi connectivity index (χ0) is 15.4. The first-order valence-electron chi connectivity index (χ1n) is 7.60. The molecule has 1 aliphatic heterocycles. The van der Waals surface area contributed by atoms with Gasteiger partial charge in [-0.25, -0.2) is 0 Å². The fraction of sp³-hybridized carbons (Fsp3) is 0.438. The zero-order valence-corrected chi connectivity index (χ0v) is 13.5. The van der Waals surface area contributed by atoms with Crippen LogP contribution in [-0.4, -0.2) is 33.5 Å². The van der Waals surface area contributed by atoms with Gasteiger partial charge in [0, 0.05) is 13.1 Å². The minimum Gasteiger partial charge on any atom is -0.347 e. The first kappa shape index (κ1) is 15.1. The predicted molar refractivity (Wildman–Crippen MR) is 86.8 cm³/mol. The van der Waals surface area contributed by atoms with E-state index in [1.54, 1.807) is 6.92 Å². The van der Waals surface area contributed by atoms with Crippen LogP contribution in [0, 0.1) is 6.92 Å². The Kier molecular flexibility index (Phi) is 4.80. The van der Waals surface area contributed by atoms with Crippen molar-refractivity contribution in [2.45, 2.75) is 32.9 Å². The number of nitrogens with one attached hydrogen (secondary N) is 1. The number of aromatic nitrogens is 2. The highest BCUT2D eigenvalue weighted by Gasteiger charge is 2.15. The van der Waals surface area contributed by atoms with Crippen LogP contribution in [0.5, 0.6) is 0 Å². The first-order chi connectivity index (χ1) is 10.7. The van der Waals surface area contributed by atoms with Gasteiger partial charge in [0.1, 0.15) is 4.88 Å². The minimum atomic E-state index is -0.0940. The fourth-order valence-electron chi connectivity index (χ4n) is 2.76. The van der Waals surface area contributed by atoms with Crippen molar-refractivity contribution in [2.24, 2.45) is 0 Å². The fourth-order valence-corrected chi connectivity index (χ4v) is 3.33. The molecule has 1 saturated heterocycles. The molecule has 0 aliphatic carbocycles. The number of nitrogens with zero attached hydrogens (tertiary/aromatic N) is 3. The van der Waals surface area contributed by atoms with Crippen molar-refractivity contribution >= 4 is 17.4 Å². The summed E-state index contributed by atoms with van der Waals surface area (Å²) in [4.78, 5) is 15.2. The molecule has 5 nitrogen and oxygen atoms in total. The topological polar surface area (TPSA) is 58.1 Å². The van der Waals surface area contributed by atoms with Crippen molar-refractivity contribution in [3.8, 4) is 0 Å². The van der Waals surface area contributed by atoms with Crippen molar-refractivity contribution in [3.63, 3.8) is 0 Å². The molecule has 1 N–H and O–H groups in total. The second-order valence-electron chi connectivity index (χ2n) is 5.62. The number of aryl methyl sites for hydroxylation is 1. The molecule has 2 heterocycles. The molecule has 2 aromatic rings. The summed E-state index contributed by atoms with van der Waals surface area (Å²) in [6.07, 6.45) is 2.58. The number of amides is 1. The molecule has 0 radical (unpaired) electrons. The maximum absolute atomic E-state index is 12.2. The lowest BCUT2D eigenvalue weighted by Gasteiger charge is -2.17. The van der Waals surface area contributed by atoms with Gasteiger partial charge in [-0.2, -0.15) is 0 Å². The van der Waals surface area contributed by atoms with E-state index in [2.05, 4.69) is 38.0 Å². The third-order valence-corrected chi connectivity index (χ3v) is 4.83. The van der Waals surface area contributed by atoms with E-state index < -0.39 is 0 Å². The molecule has 116 valence electrons. The van der Waals surface area contributed by atoms with Gasteiger partial charge < -0.3 is 5.32 Å². The van der Waals surface area contributed by atoms with Crippen LogP contribution in [-0.2, 0) is 13.1 Å². The Morgan fingerprint density at radius 2 is 2.00 bits per heavy atom. The summed E-state index contributed by atoms with van der Waals surface area (Å²) in [6.45, 7) is 5.66. The molecule has 1 amide bonds. The Morgan fingerprint density at radius 1 is 1.27 bits per heavy atom. The molecular formula is C16H20N4OS. The van der Waals surface area contributed by atoms with Crippen molar-refractivity contribution in [2.75, 3.05) is 13.1 Å². The van der Waals surface area contributed by atoms with Gasteiger partial charge in [-0.15, -0.1) is 5.10 Å². The van der Waals surface area contributed by atoms with Crippen LogP contribution in [0.4, 0.5) is 0 Å². The van der Waals surface area contributed by atoms with Crippen molar-refractivity contribution in [3.05, 3.63) is 46.0 Å². The minimum absolute atomic E-state index is 0.0940. The van der Waals surface area contributed by atoms with E-state index in [1.807, 2.05) is 6.07 Å². The molecular weight excluding hydrogens is 296 g/mol. The highest BCUT2D eigenvalue weighted by Crippen LogP contribution is 2.16. The molecule has 0 unspecified atom stereocenters. The van der Waals surface area contributed by atoms with Crippen LogP contribution in [0.1, 0.15) is 39.3 Å². The quantitative estimate of drug-likeness (QED) is 0.920. The zero-order valence-electron chi connectivity index (χ0n) is 12.7. The predicted octanol–water partition coefficient (Wildman–Crippen LogP) is 2.37. The number of hydrogen-bond donors (Lipinski definition) is 1. The summed E-state index contributed by atoms with van der Waals surface area (Å²) in [6, 6.07) is 8.32. The summed E-state index contributed by atoms with van der Waals surface area (Å²) in [5, 5.41) is 6.86. The van der Waals surface area contributed by atoms with E-state index in [4.69, 9.17) is 0 Å². The SMILES string of the molecule is Cc1nnsc1C(=O)NCc1ccccc1CN1CCCC1. The Hall–Kier alpha value is -1.79. The third kappa shape index (κ3) is 3.51. The molecule has 1 aromatic carbocycles. The average molecular weight is 316 g/mol. The van der Waals surface area contributed by atoms with Crippen LogP contribution in [0.15, 0.2) is 24.3 Å². The third-order valence-electron chi connectivity index (χ3n) is 4.01. The van der Waals surface area contributed by atoms with E-state index in [-0.39, 0.29) is 5.91 Å². The summed E-state index contributed by atoms with van der Waals surface area (Å²) in [7, 11) is 0. The highest BCUT2D eigenvalue weighted by atomic mass is 32.1. The summed E-state index contributed by atoms with van der Waals surface area (Å²) < 4.78 is 3.81. The summed E-state index contributed by atoms with van der Waals surface area (Å²) >= 11 is 1.14. The van der Waals surface area contributed by atoms with Gasteiger partial charge in [-0.3, -0.25) is 9.69 Å². The van der Waals surface area contributed by atoms with Crippen LogP contribution in [0.3, 0.4) is 0 Å². The molecule has 1 fully saturated rings. The standard InChI is InChI=1S/C16H20N4OS/c1-12-15(22-19-18-12)16(21)17-10-13-6-2-3-7-14(13)11-20-8-4-5-9-20/h2-3,6-7H,4-5,8-11H2,1H3,(H,17,21). The van der Waals surface area contributed by atoms with Gasteiger partial charge in [0.25, 0.3) is 5.91 Å². The van der Waals surface area contributed by atoms with Gasteiger partial charge >= 0.3 is 0 Å². The molecule has 0 saturated carbocycles. The lowest BCUT2D eigenvalue weighted by atomic mass is 10.1. The van der Waals surface area contributed by atoms with Gasteiger partial charge in [0.2, 0.25) is 0 Å². The van der Waals surface area contributed by atoms with E-state index in [0.717, 1.165) is 18.1 Å². The summed E-state index contributed by atoms with van der Waals surface area (Å²) in [5.74, 6) is -0.0940. The van der Waals surface area contributed by atoms with E-state index >= 15 is 0 Å². The molecule has 22 heavy (non-hydrogen) atoms. The maximum atomic E-state index is 12.2.